The van der Waals surface area contributed by atoms with E-state index in [1.54, 1.807) is 6.08 Å². The SMILES string of the molecule is CC/C(=C(/c1ccc(OCCNC/C=C/C(=O)N2CCCC2)cc1)c1ccc2[nH]ncc2c1)c1ccccc1. The standard InChI is InChI=1S/C33H36N4O2/c1-2-30(25-9-4-3-5-10-25)33(27-14-17-31-28(23-27)24-35-36-31)26-12-15-29(16-13-26)39-22-19-34-18-8-11-32(38)37-20-6-7-21-37/h3-5,8-17,23-24,34H,2,6-7,18-22H2,1H3,(H,35,36)/b11-8+,33-30+. The van der Waals surface area contributed by atoms with E-state index >= 15 is 0 Å². The Bertz CT molecular complexity index is 1430. The van der Waals surface area contributed by atoms with E-state index in [0.29, 0.717) is 19.7 Å². The summed E-state index contributed by atoms with van der Waals surface area (Å²) < 4.78 is 5.98. The summed E-state index contributed by atoms with van der Waals surface area (Å²) in [5.41, 5.74) is 7.09. The Balaban J connectivity index is 1.25. The number of carbonyl (C=O) groups is 1. The molecule has 2 N–H and O–H groups in total. The lowest BCUT2D eigenvalue weighted by Gasteiger charge is -2.17. The summed E-state index contributed by atoms with van der Waals surface area (Å²) in [6, 6.07) is 25.4. The number of ether oxygens (including phenoxy) is 1. The Labute approximate surface area is 230 Å². The average Bonchev–Trinajstić information content (AvgIpc) is 3.69. The number of hydrogen-bond donors (Lipinski definition) is 2. The first-order chi connectivity index (χ1) is 19.2. The molecule has 0 aliphatic carbocycles. The smallest absolute Gasteiger partial charge is 0.246 e. The van der Waals surface area contributed by atoms with Gasteiger partial charge in [0.15, 0.2) is 0 Å². The summed E-state index contributed by atoms with van der Waals surface area (Å²) >= 11 is 0. The van der Waals surface area contributed by atoms with Crippen LogP contribution in [0.1, 0.15) is 42.9 Å². The van der Waals surface area contributed by atoms with Crippen LogP contribution in [-0.2, 0) is 4.79 Å². The van der Waals surface area contributed by atoms with Crippen molar-refractivity contribution in [1.29, 1.82) is 0 Å². The van der Waals surface area contributed by atoms with E-state index in [9.17, 15) is 4.79 Å². The topological polar surface area (TPSA) is 70.2 Å². The van der Waals surface area contributed by atoms with Crippen molar-refractivity contribution < 1.29 is 9.53 Å². The third kappa shape index (κ3) is 6.65. The number of allylic oxidation sites excluding steroid dienone is 1. The fraction of sp³-hybridized carbons (Fsp3) is 0.273. The predicted octanol–water partition coefficient (Wildman–Crippen LogP) is 6.08. The third-order valence-corrected chi connectivity index (χ3v) is 7.14. The minimum atomic E-state index is 0.113. The minimum Gasteiger partial charge on any atom is -0.492 e. The van der Waals surface area contributed by atoms with Crippen molar-refractivity contribution in [3.05, 3.63) is 108 Å². The van der Waals surface area contributed by atoms with E-state index in [2.05, 4.69) is 83.1 Å². The number of aromatic amines is 1. The first-order valence-electron chi connectivity index (χ1n) is 13.8. The second kappa shape index (κ2) is 13.1. The molecule has 39 heavy (non-hydrogen) atoms. The van der Waals surface area contributed by atoms with Gasteiger partial charge >= 0.3 is 0 Å². The summed E-state index contributed by atoms with van der Waals surface area (Å²) in [5.74, 6) is 0.949. The Morgan fingerprint density at radius 3 is 2.54 bits per heavy atom. The highest BCUT2D eigenvalue weighted by atomic mass is 16.5. The van der Waals surface area contributed by atoms with Crippen LogP contribution in [-0.4, -0.2) is 53.8 Å². The maximum Gasteiger partial charge on any atom is 0.246 e. The van der Waals surface area contributed by atoms with Crippen molar-refractivity contribution in [3.63, 3.8) is 0 Å². The second-order valence-corrected chi connectivity index (χ2v) is 9.76. The number of amides is 1. The fourth-order valence-electron chi connectivity index (χ4n) is 5.12. The van der Waals surface area contributed by atoms with Crippen LogP contribution in [0.5, 0.6) is 5.75 Å². The lowest BCUT2D eigenvalue weighted by atomic mass is 9.88. The van der Waals surface area contributed by atoms with Gasteiger partial charge in [-0.2, -0.15) is 5.10 Å². The largest absolute Gasteiger partial charge is 0.492 e. The summed E-state index contributed by atoms with van der Waals surface area (Å²) in [5, 5.41) is 11.7. The van der Waals surface area contributed by atoms with Gasteiger partial charge in [-0.05, 0) is 71.4 Å². The van der Waals surface area contributed by atoms with Gasteiger partial charge in [-0.25, -0.2) is 0 Å². The van der Waals surface area contributed by atoms with Crippen molar-refractivity contribution in [2.24, 2.45) is 0 Å². The molecule has 0 saturated carbocycles. The van der Waals surface area contributed by atoms with Crippen LogP contribution in [0.3, 0.4) is 0 Å². The van der Waals surface area contributed by atoms with Crippen molar-refractivity contribution in [2.45, 2.75) is 26.2 Å². The Kier molecular flexibility index (Phi) is 8.86. The summed E-state index contributed by atoms with van der Waals surface area (Å²) in [6.07, 6.45) is 8.57. The molecule has 1 amide bonds. The molecule has 0 bridgehead atoms. The van der Waals surface area contributed by atoms with Gasteiger partial charge in [-0.15, -0.1) is 0 Å². The minimum absolute atomic E-state index is 0.113. The van der Waals surface area contributed by atoms with E-state index in [1.807, 2.05) is 29.3 Å². The van der Waals surface area contributed by atoms with Gasteiger partial charge in [0.25, 0.3) is 0 Å². The molecule has 0 atom stereocenters. The zero-order valence-corrected chi connectivity index (χ0v) is 22.5. The quantitative estimate of drug-likeness (QED) is 0.143. The molecule has 6 heteroatoms. The molecule has 3 aromatic carbocycles. The van der Waals surface area contributed by atoms with E-state index < -0.39 is 0 Å². The Morgan fingerprint density at radius 1 is 1.00 bits per heavy atom. The number of carbonyl (C=O) groups excluding carboxylic acids is 1. The molecule has 4 aromatic rings. The average molecular weight is 521 g/mol. The molecule has 1 fully saturated rings. The van der Waals surface area contributed by atoms with Crippen LogP contribution in [0.15, 0.2) is 91.1 Å². The molecule has 0 unspecified atom stereocenters. The number of hydrogen-bond acceptors (Lipinski definition) is 4. The number of H-pyrrole nitrogens is 1. The summed E-state index contributed by atoms with van der Waals surface area (Å²) in [6.45, 7) is 5.88. The number of likely N-dealkylation sites (tertiary alicyclic amines) is 1. The zero-order chi connectivity index (χ0) is 26.9. The predicted molar refractivity (Wildman–Crippen MR) is 159 cm³/mol. The molecule has 5 rings (SSSR count). The maximum absolute atomic E-state index is 12.1. The van der Waals surface area contributed by atoms with E-state index in [1.165, 1.54) is 22.3 Å². The number of nitrogens with one attached hydrogen (secondary N) is 2. The summed E-state index contributed by atoms with van der Waals surface area (Å²) in [4.78, 5) is 14.0. The second-order valence-electron chi connectivity index (χ2n) is 9.76. The Morgan fingerprint density at radius 2 is 1.77 bits per heavy atom. The molecule has 1 saturated heterocycles. The summed E-state index contributed by atoms with van der Waals surface area (Å²) in [7, 11) is 0. The van der Waals surface area contributed by atoms with Crippen molar-refractivity contribution >= 4 is 28.0 Å². The molecule has 2 heterocycles. The lowest BCUT2D eigenvalue weighted by molar-refractivity contribution is -0.125. The molecule has 6 nitrogen and oxygen atoms in total. The van der Waals surface area contributed by atoms with Gasteiger partial charge in [-0.3, -0.25) is 9.89 Å². The van der Waals surface area contributed by atoms with Crippen LogP contribution >= 0.6 is 0 Å². The van der Waals surface area contributed by atoms with Crippen LogP contribution in [0.25, 0.3) is 22.0 Å². The molecular weight excluding hydrogens is 484 g/mol. The van der Waals surface area contributed by atoms with E-state index in [-0.39, 0.29) is 5.91 Å². The molecule has 1 aliphatic rings. The zero-order valence-electron chi connectivity index (χ0n) is 22.5. The van der Waals surface area contributed by atoms with Crippen molar-refractivity contribution in [3.8, 4) is 5.75 Å². The molecule has 1 aliphatic heterocycles. The Hall–Kier alpha value is -4.16. The van der Waals surface area contributed by atoms with Gasteiger partial charge in [0, 0.05) is 37.6 Å². The number of benzene rings is 3. The molecular formula is C33H36N4O2. The van der Waals surface area contributed by atoms with Crippen LogP contribution in [0, 0.1) is 0 Å². The number of aromatic nitrogens is 2. The van der Waals surface area contributed by atoms with Crippen LogP contribution in [0.2, 0.25) is 0 Å². The highest BCUT2D eigenvalue weighted by Crippen LogP contribution is 2.36. The van der Waals surface area contributed by atoms with E-state index in [4.69, 9.17) is 4.74 Å². The number of fused-ring (bicyclic) bond motifs is 1. The normalized spacial score (nSPS) is 14.2. The lowest BCUT2D eigenvalue weighted by Crippen LogP contribution is -2.26. The van der Waals surface area contributed by atoms with Gasteiger partial charge in [0.1, 0.15) is 12.4 Å². The molecule has 200 valence electrons. The van der Waals surface area contributed by atoms with Crippen LogP contribution in [0.4, 0.5) is 0 Å². The van der Waals surface area contributed by atoms with Gasteiger partial charge in [-0.1, -0.05) is 61.5 Å². The van der Waals surface area contributed by atoms with Gasteiger partial charge in [0.2, 0.25) is 5.91 Å². The maximum atomic E-state index is 12.1. The van der Waals surface area contributed by atoms with E-state index in [0.717, 1.165) is 54.6 Å². The first-order valence-corrected chi connectivity index (χ1v) is 13.8. The van der Waals surface area contributed by atoms with Crippen molar-refractivity contribution in [2.75, 3.05) is 32.8 Å². The third-order valence-electron chi connectivity index (χ3n) is 7.14. The fourth-order valence-corrected chi connectivity index (χ4v) is 5.12. The highest BCUT2D eigenvalue weighted by Gasteiger charge is 2.15. The van der Waals surface area contributed by atoms with Crippen LogP contribution < -0.4 is 10.1 Å². The highest BCUT2D eigenvalue weighted by molar-refractivity contribution is 6.00. The monoisotopic (exact) mass is 520 g/mol. The first kappa shape index (κ1) is 26.4. The van der Waals surface area contributed by atoms with Gasteiger partial charge in [0.05, 0.1) is 11.7 Å². The van der Waals surface area contributed by atoms with Gasteiger partial charge < -0.3 is 15.0 Å². The molecule has 0 spiro atoms. The molecule has 0 radical (unpaired) electrons. The molecule has 1 aromatic heterocycles. The number of nitrogens with zero attached hydrogens (tertiary/aromatic N) is 2. The van der Waals surface area contributed by atoms with Crippen molar-refractivity contribution in [1.82, 2.24) is 20.4 Å². The number of rotatable bonds is 11.